The van der Waals surface area contributed by atoms with E-state index < -0.39 is 0 Å². The molecule has 1 aromatic carbocycles. The molecule has 1 N–H and O–H groups in total. The van der Waals surface area contributed by atoms with Crippen LogP contribution in [0.2, 0.25) is 0 Å². The highest BCUT2D eigenvalue weighted by atomic mass is 32.1. The third-order valence-electron chi connectivity index (χ3n) is 1.90. The van der Waals surface area contributed by atoms with E-state index in [2.05, 4.69) is 10.5 Å². The van der Waals surface area contributed by atoms with Crippen molar-refractivity contribution in [3.63, 3.8) is 0 Å². The monoisotopic (exact) mass is 237 g/mol. The molecule has 1 rings (SSSR count). The zero-order valence-corrected chi connectivity index (χ0v) is 10.4. The Balaban J connectivity index is 2.53. The van der Waals surface area contributed by atoms with Crippen LogP contribution in [0.15, 0.2) is 29.4 Å². The van der Waals surface area contributed by atoms with Crippen LogP contribution in [0, 0.1) is 0 Å². The molecule has 5 heteroatoms. The zero-order chi connectivity index (χ0) is 12.0. The molecule has 0 saturated carbocycles. The van der Waals surface area contributed by atoms with Crippen molar-refractivity contribution in [1.29, 1.82) is 0 Å². The number of nitrogens with one attached hydrogen (secondary N) is 1. The van der Waals surface area contributed by atoms with E-state index in [4.69, 9.17) is 17.0 Å². The topological polar surface area (TPSA) is 36.9 Å². The number of hydrazone groups is 1. The molecule has 0 aromatic heterocycles. The molecule has 86 valence electrons. The Morgan fingerprint density at radius 1 is 1.38 bits per heavy atom. The fourth-order valence-electron chi connectivity index (χ4n) is 0.952. The first kappa shape index (κ1) is 12.4. The van der Waals surface area contributed by atoms with Crippen molar-refractivity contribution in [2.45, 2.75) is 0 Å². The molecule has 0 aliphatic carbocycles. The molecule has 0 saturated heterocycles. The van der Waals surface area contributed by atoms with Crippen LogP contribution in [0.3, 0.4) is 0 Å². The van der Waals surface area contributed by atoms with Crippen LogP contribution in [0.25, 0.3) is 0 Å². The van der Waals surface area contributed by atoms with Gasteiger partial charge in [-0.05, 0) is 42.0 Å². The van der Waals surface area contributed by atoms with Gasteiger partial charge in [0.15, 0.2) is 5.11 Å². The maximum atomic E-state index is 5.06. The largest absolute Gasteiger partial charge is 0.497 e. The minimum absolute atomic E-state index is 0.574. The second-order valence-electron chi connectivity index (χ2n) is 3.34. The van der Waals surface area contributed by atoms with E-state index in [1.807, 2.05) is 38.4 Å². The lowest BCUT2D eigenvalue weighted by atomic mass is 10.2. The lowest BCUT2D eigenvalue weighted by Crippen LogP contribution is -2.30. The molecule has 0 fully saturated rings. The Bertz CT molecular complexity index is 373. The van der Waals surface area contributed by atoms with Crippen LogP contribution in [0.4, 0.5) is 0 Å². The number of rotatable bonds is 3. The molecule has 0 radical (unpaired) electrons. The van der Waals surface area contributed by atoms with Crippen LogP contribution >= 0.6 is 12.2 Å². The minimum atomic E-state index is 0.574. The van der Waals surface area contributed by atoms with E-state index in [9.17, 15) is 0 Å². The van der Waals surface area contributed by atoms with Gasteiger partial charge in [0.05, 0.1) is 13.3 Å². The van der Waals surface area contributed by atoms with Crippen LogP contribution < -0.4 is 10.2 Å². The summed E-state index contributed by atoms with van der Waals surface area (Å²) < 4.78 is 5.06. The summed E-state index contributed by atoms with van der Waals surface area (Å²) in [6.45, 7) is 0. The summed E-state index contributed by atoms with van der Waals surface area (Å²) in [5.41, 5.74) is 3.74. The predicted octanol–water partition coefficient (Wildman–Crippen LogP) is 1.47. The average molecular weight is 237 g/mol. The van der Waals surface area contributed by atoms with Crippen molar-refractivity contribution in [2.24, 2.45) is 5.10 Å². The van der Waals surface area contributed by atoms with Gasteiger partial charge in [-0.2, -0.15) is 5.10 Å². The summed E-state index contributed by atoms with van der Waals surface area (Å²) >= 11 is 5.01. The summed E-state index contributed by atoms with van der Waals surface area (Å²) in [6, 6.07) is 7.60. The van der Waals surface area contributed by atoms with E-state index in [1.165, 1.54) is 0 Å². The number of benzene rings is 1. The van der Waals surface area contributed by atoms with Gasteiger partial charge in [-0.3, -0.25) is 5.43 Å². The van der Waals surface area contributed by atoms with Gasteiger partial charge in [0.25, 0.3) is 0 Å². The lowest BCUT2D eigenvalue weighted by Gasteiger charge is -2.11. The van der Waals surface area contributed by atoms with E-state index in [0.717, 1.165) is 11.3 Å². The molecule has 0 atom stereocenters. The summed E-state index contributed by atoms with van der Waals surface area (Å²) in [4.78, 5) is 1.78. The number of ether oxygens (including phenoxy) is 1. The third-order valence-corrected chi connectivity index (χ3v) is 2.35. The Morgan fingerprint density at radius 3 is 2.50 bits per heavy atom. The van der Waals surface area contributed by atoms with Gasteiger partial charge < -0.3 is 9.64 Å². The Hall–Kier alpha value is -1.62. The SMILES string of the molecule is COc1ccc(/C=N/NC(=S)N(C)C)cc1. The smallest absolute Gasteiger partial charge is 0.189 e. The first-order chi connectivity index (χ1) is 7.63. The van der Waals surface area contributed by atoms with Crippen molar-refractivity contribution in [2.75, 3.05) is 21.2 Å². The Kier molecular flexibility index (Phi) is 4.72. The standard InChI is InChI=1S/C11H15N3OS/c1-14(2)11(16)13-12-8-9-4-6-10(15-3)7-5-9/h4-8H,1-3H3,(H,13,16)/b12-8+. The van der Waals surface area contributed by atoms with E-state index in [0.29, 0.717) is 5.11 Å². The molecule has 4 nitrogen and oxygen atoms in total. The lowest BCUT2D eigenvalue weighted by molar-refractivity contribution is 0.415. The summed E-state index contributed by atoms with van der Waals surface area (Å²) in [5, 5.41) is 4.59. The van der Waals surface area contributed by atoms with Gasteiger partial charge in [-0.15, -0.1) is 0 Å². The highest BCUT2D eigenvalue weighted by Gasteiger charge is 1.94. The van der Waals surface area contributed by atoms with Crippen molar-refractivity contribution in [3.05, 3.63) is 29.8 Å². The molecule has 0 aliphatic rings. The number of thiocarbonyl (C=S) groups is 1. The average Bonchev–Trinajstić information content (AvgIpc) is 2.29. The second kappa shape index (κ2) is 6.07. The van der Waals surface area contributed by atoms with E-state index in [1.54, 1.807) is 18.2 Å². The highest BCUT2D eigenvalue weighted by molar-refractivity contribution is 7.80. The van der Waals surface area contributed by atoms with Crippen molar-refractivity contribution in [1.82, 2.24) is 10.3 Å². The number of methoxy groups -OCH3 is 1. The summed E-state index contributed by atoms with van der Waals surface area (Å²) in [6.07, 6.45) is 1.70. The molecular weight excluding hydrogens is 222 g/mol. The Morgan fingerprint density at radius 2 is 2.00 bits per heavy atom. The molecule has 1 aromatic rings. The fraction of sp³-hybridized carbons (Fsp3) is 0.273. The first-order valence-electron chi connectivity index (χ1n) is 4.78. The van der Waals surface area contributed by atoms with Crippen molar-refractivity contribution >= 4 is 23.5 Å². The van der Waals surface area contributed by atoms with Gasteiger partial charge in [0, 0.05) is 14.1 Å². The fourth-order valence-corrected chi connectivity index (χ4v) is 1.00. The third kappa shape index (κ3) is 3.86. The van der Waals surface area contributed by atoms with Crippen LogP contribution in [0.5, 0.6) is 5.75 Å². The van der Waals surface area contributed by atoms with Gasteiger partial charge in [-0.1, -0.05) is 0 Å². The van der Waals surface area contributed by atoms with Crippen LogP contribution in [-0.2, 0) is 0 Å². The molecule has 0 aliphatic heterocycles. The summed E-state index contributed by atoms with van der Waals surface area (Å²) in [7, 11) is 5.36. The molecule has 0 unspecified atom stereocenters. The second-order valence-corrected chi connectivity index (χ2v) is 3.73. The van der Waals surface area contributed by atoms with Crippen LogP contribution in [0.1, 0.15) is 5.56 Å². The highest BCUT2D eigenvalue weighted by Crippen LogP contribution is 2.09. The van der Waals surface area contributed by atoms with E-state index in [-0.39, 0.29) is 0 Å². The molecular formula is C11H15N3OS. The molecule has 0 spiro atoms. The maximum Gasteiger partial charge on any atom is 0.189 e. The van der Waals surface area contributed by atoms with Gasteiger partial charge in [0.1, 0.15) is 5.75 Å². The zero-order valence-electron chi connectivity index (χ0n) is 9.60. The van der Waals surface area contributed by atoms with Gasteiger partial charge in [-0.25, -0.2) is 0 Å². The quantitative estimate of drug-likeness (QED) is 0.490. The van der Waals surface area contributed by atoms with Gasteiger partial charge >= 0.3 is 0 Å². The molecule has 0 amide bonds. The molecule has 16 heavy (non-hydrogen) atoms. The number of nitrogens with zero attached hydrogens (tertiary/aromatic N) is 2. The van der Waals surface area contributed by atoms with E-state index >= 15 is 0 Å². The maximum absolute atomic E-state index is 5.06. The normalized spacial score (nSPS) is 10.2. The Labute approximate surface area is 101 Å². The number of hydrogen-bond donors (Lipinski definition) is 1. The van der Waals surface area contributed by atoms with Crippen molar-refractivity contribution in [3.8, 4) is 5.75 Å². The first-order valence-corrected chi connectivity index (χ1v) is 5.18. The van der Waals surface area contributed by atoms with Crippen molar-refractivity contribution < 1.29 is 4.74 Å². The molecule has 0 bridgehead atoms. The molecule has 0 heterocycles. The minimum Gasteiger partial charge on any atom is -0.497 e. The number of hydrogen-bond acceptors (Lipinski definition) is 3. The van der Waals surface area contributed by atoms with Crippen LogP contribution in [-0.4, -0.2) is 37.4 Å². The van der Waals surface area contributed by atoms with Gasteiger partial charge in [0.2, 0.25) is 0 Å². The predicted molar refractivity (Wildman–Crippen MR) is 70.0 cm³/mol. The summed E-state index contributed by atoms with van der Waals surface area (Å²) in [5.74, 6) is 0.828.